The van der Waals surface area contributed by atoms with Crippen LogP contribution >= 0.6 is 0 Å². The smallest absolute Gasteiger partial charge is 0.337 e. The summed E-state index contributed by atoms with van der Waals surface area (Å²) in [5, 5.41) is 9.75. The van der Waals surface area contributed by atoms with E-state index in [0.29, 0.717) is 12.6 Å². The SMILES string of the molecule is C=CC(O)(S(=O)(=O)OCCC=O)S(=O)(=O)OCCC=O. The fraction of sp³-hybridized carbons (Fsp3) is 0.556. The summed E-state index contributed by atoms with van der Waals surface area (Å²) in [6.45, 7) is 1.62. The summed E-state index contributed by atoms with van der Waals surface area (Å²) in [4.78, 5) is 20.1. The van der Waals surface area contributed by atoms with Crippen LogP contribution in [0.4, 0.5) is 0 Å². The summed E-state index contributed by atoms with van der Waals surface area (Å²) in [6, 6.07) is 0. The lowest BCUT2D eigenvalue weighted by Gasteiger charge is -2.22. The molecule has 116 valence electrons. The third-order valence-corrected chi connectivity index (χ3v) is 5.87. The molecule has 0 aliphatic rings. The summed E-state index contributed by atoms with van der Waals surface area (Å²) in [5.74, 6) is 0. The Labute approximate surface area is 116 Å². The Bertz CT molecular complexity index is 502. The number of aldehydes is 2. The molecular formula is C9H14O9S2. The highest BCUT2D eigenvalue weighted by Crippen LogP contribution is 2.26. The molecule has 9 nitrogen and oxygen atoms in total. The Hall–Kier alpha value is -1.14. The van der Waals surface area contributed by atoms with Gasteiger partial charge in [-0.3, -0.25) is 8.37 Å². The molecule has 0 aromatic heterocycles. The molecule has 0 fully saturated rings. The first kappa shape index (κ1) is 18.9. The van der Waals surface area contributed by atoms with E-state index in [1.54, 1.807) is 0 Å². The highest BCUT2D eigenvalue weighted by atomic mass is 32.3. The summed E-state index contributed by atoms with van der Waals surface area (Å²) in [7, 11) is -10.1. The molecule has 0 aromatic carbocycles. The van der Waals surface area contributed by atoms with E-state index in [2.05, 4.69) is 14.9 Å². The van der Waals surface area contributed by atoms with Crippen molar-refractivity contribution in [1.29, 1.82) is 0 Å². The van der Waals surface area contributed by atoms with Gasteiger partial charge in [0.25, 0.3) is 0 Å². The van der Waals surface area contributed by atoms with E-state index in [1.807, 2.05) is 0 Å². The molecule has 0 aromatic rings. The summed E-state index contributed by atoms with van der Waals surface area (Å²) >= 11 is 0. The van der Waals surface area contributed by atoms with Crippen LogP contribution in [0.1, 0.15) is 12.8 Å². The van der Waals surface area contributed by atoms with E-state index < -0.39 is 37.7 Å². The van der Waals surface area contributed by atoms with Crippen LogP contribution in [0.5, 0.6) is 0 Å². The molecule has 0 atom stereocenters. The van der Waals surface area contributed by atoms with Crippen LogP contribution in [0.2, 0.25) is 0 Å². The van der Waals surface area contributed by atoms with E-state index in [4.69, 9.17) is 0 Å². The van der Waals surface area contributed by atoms with E-state index in [0.717, 1.165) is 0 Å². The standard InChI is InChI=1S/C9H14O9S2/c1-2-9(12,19(13,14)17-7-3-5-10)20(15,16)18-8-4-6-11/h2,5-6,12H,1,3-4,7-8H2. The number of hydrogen-bond donors (Lipinski definition) is 1. The Balaban J connectivity index is 5.30. The second-order valence-corrected chi connectivity index (χ2v) is 7.09. The number of aliphatic hydroxyl groups is 1. The fourth-order valence-corrected chi connectivity index (χ4v) is 3.58. The van der Waals surface area contributed by atoms with Crippen LogP contribution in [0.25, 0.3) is 0 Å². The molecule has 0 amide bonds. The summed E-state index contributed by atoms with van der Waals surface area (Å²) < 4.78 is 51.5. The van der Waals surface area contributed by atoms with Crippen molar-refractivity contribution in [3.8, 4) is 0 Å². The first-order chi connectivity index (χ1) is 9.18. The second kappa shape index (κ2) is 7.59. The maximum absolute atomic E-state index is 11.6. The predicted molar refractivity (Wildman–Crippen MR) is 66.3 cm³/mol. The Morgan fingerprint density at radius 2 is 1.30 bits per heavy atom. The van der Waals surface area contributed by atoms with Crippen molar-refractivity contribution in [2.24, 2.45) is 0 Å². The highest BCUT2D eigenvalue weighted by molar-refractivity contribution is 8.06. The zero-order valence-corrected chi connectivity index (χ0v) is 11.9. The molecule has 11 heteroatoms. The van der Waals surface area contributed by atoms with Crippen LogP contribution in [-0.2, 0) is 38.2 Å². The van der Waals surface area contributed by atoms with E-state index in [1.165, 1.54) is 0 Å². The maximum atomic E-state index is 11.6. The number of carbonyl (C=O) groups is 2. The Kier molecular flexibility index (Phi) is 7.16. The molecule has 0 aliphatic carbocycles. The Morgan fingerprint density at radius 1 is 0.950 bits per heavy atom. The topological polar surface area (TPSA) is 141 Å². The van der Waals surface area contributed by atoms with Crippen molar-refractivity contribution < 1.29 is 39.9 Å². The lowest BCUT2D eigenvalue weighted by atomic mass is 10.5. The molecular weight excluding hydrogens is 316 g/mol. The first-order valence-electron chi connectivity index (χ1n) is 5.19. The normalized spacial score (nSPS) is 12.8. The maximum Gasteiger partial charge on any atom is 0.337 e. The van der Waals surface area contributed by atoms with Crippen LogP contribution in [0.15, 0.2) is 12.7 Å². The van der Waals surface area contributed by atoms with Gasteiger partial charge in [-0.05, 0) is 6.08 Å². The van der Waals surface area contributed by atoms with Gasteiger partial charge in [0.1, 0.15) is 12.6 Å². The minimum absolute atomic E-state index is 0.208. The van der Waals surface area contributed by atoms with Gasteiger partial charge in [0.2, 0.25) is 0 Å². The molecule has 0 bridgehead atoms. The monoisotopic (exact) mass is 330 g/mol. The zero-order chi connectivity index (χ0) is 15.9. The van der Waals surface area contributed by atoms with Crippen molar-refractivity contribution in [2.45, 2.75) is 17.1 Å². The number of carbonyl (C=O) groups excluding carboxylic acids is 2. The molecule has 0 saturated carbocycles. The molecule has 0 heterocycles. The predicted octanol–water partition coefficient (Wildman–Crippen LogP) is -1.31. The molecule has 0 unspecified atom stereocenters. The van der Waals surface area contributed by atoms with Gasteiger partial charge >= 0.3 is 24.5 Å². The van der Waals surface area contributed by atoms with Crippen LogP contribution in [0.3, 0.4) is 0 Å². The molecule has 0 rings (SSSR count). The van der Waals surface area contributed by atoms with Crippen molar-refractivity contribution in [1.82, 2.24) is 0 Å². The van der Waals surface area contributed by atoms with E-state index >= 15 is 0 Å². The van der Waals surface area contributed by atoms with Crippen molar-refractivity contribution in [3.05, 3.63) is 12.7 Å². The molecule has 0 saturated heterocycles. The lowest BCUT2D eigenvalue weighted by molar-refractivity contribution is -0.109. The highest BCUT2D eigenvalue weighted by Gasteiger charge is 2.54. The second-order valence-electron chi connectivity index (χ2n) is 3.30. The van der Waals surface area contributed by atoms with Crippen LogP contribution < -0.4 is 0 Å². The first-order valence-corrected chi connectivity index (χ1v) is 8.01. The average molecular weight is 330 g/mol. The molecule has 0 spiro atoms. The number of hydrogen-bond acceptors (Lipinski definition) is 9. The van der Waals surface area contributed by atoms with Crippen LogP contribution in [0, 0.1) is 0 Å². The molecule has 1 N–H and O–H groups in total. The van der Waals surface area contributed by atoms with E-state index in [9.17, 15) is 31.5 Å². The fourth-order valence-electron chi connectivity index (χ4n) is 0.910. The van der Waals surface area contributed by atoms with Gasteiger partial charge in [0.15, 0.2) is 0 Å². The van der Waals surface area contributed by atoms with Crippen molar-refractivity contribution in [2.75, 3.05) is 13.2 Å². The van der Waals surface area contributed by atoms with E-state index in [-0.39, 0.29) is 18.9 Å². The summed E-state index contributed by atoms with van der Waals surface area (Å²) in [6.07, 6.45) is 0.256. The quantitative estimate of drug-likeness (QED) is 0.211. The van der Waals surface area contributed by atoms with Gasteiger partial charge in [-0.2, -0.15) is 16.8 Å². The van der Waals surface area contributed by atoms with Gasteiger partial charge in [-0.25, -0.2) is 0 Å². The van der Waals surface area contributed by atoms with Crippen molar-refractivity contribution >= 4 is 32.8 Å². The van der Waals surface area contributed by atoms with Gasteiger partial charge < -0.3 is 14.7 Å². The van der Waals surface area contributed by atoms with Gasteiger partial charge in [-0.1, -0.05) is 6.58 Å². The minimum atomic E-state index is -5.06. The van der Waals surface area contributed by atoms with Gasteiger partial charge in [0, 0.05) is 12.8 Å². The Morgan fingerprint density at radius 3 is 1.55 bits per heavy atom. The van der Waals surface area contributed by atoms with Gasteiger partial charge in [-0.15, -0.1) is 0 Å². The zero-order valence-electron chi connectivity index (χ0n) is 10.3. The molecule has 0 aliphatic heterocycles. The molecule has 0 radical (unpaired) electrons. The largest absolute Gasteiger partial charge is 0.356 e. The summed E-state index contributed by atoms with van der Waals surface area (Å²) in [5.41, 5.74) is 0. The third kappa shape index (κ3) is 4.18. The minimum Gasteiger partial charge on any atom is -0.356 e. The average Bonchev–Trinajstić information content (AvgIpc) is 2.37. The third-order valence-electron chi connectivity index (χ3n) is 1.92. The molecule has 20 heavy (non-hydrogen) atoms. The van der Waals surface area contributed by atoms with Crippen LogP contribution in [-0.4, -0.2) is 52.0 Å². The lowest BCUT2D eigenvalue weighted by Crippen LogP contribution is -2.46. The number of rotatable bonds is 11. The van der Waals surface area contributed by atoms with Crippen molar-refractivity contribution in [3.63, 3.8) is 0 Å². The van der Waals surface area contributed by atoms with Gasteiger partial charge in [0.05, 0.1) is 13.2 Å².